The normalized spacial score (nSPS) is 11.2. The Hall–Kier alpha value is -2.07. The number of hydrogen-bond acceptors (Lipinski definition) is 7. The van der Waals surface area contributed by atoms with Gasteiger partial charge in [0.1, 0.15) is 10.7 Å². The summed E-state index contributed by atoms with van der Waals surface area (Å²) >= 11 is 0.680. The van der Waals surface area contributed by atoms with Gasteiger partial charge in [-0.2, -0.15) is 12.8 Å². The van der Waals surface area contributed by atoms with Gasteiger partial charge in [0.25, 0.3) is 10.0 Å². The van der Waals surface area contributed by atoms with Gasteiger partial charge in [-0.1, -0.05) is 17.4 Å². The number of nitrogens with zero attached hydrogens (tertiary/aromatic N) is 2. The van der Waals surface area contributed by atoms with E-state index in [1.54, 1.807) is 6.92 Å². The lowest BCUT2D eigenvalue weighted by Crippen LogP contribution is -2.14. The molecule has 0 amide bonds. The van der Waals surface area contributed by atoms with Crippen LogP contribution in [0.4, 0.5) is 10.2 Å². The van der Waals surface area contributed by atoms with Gasteiger partial charge in [0.05, 0.1) is 12.3 Å². The maximum Gasteiger partial charge on any atom is 0.350 e. The van der Waals surface area contributed by atoms with Crippen molar-refractivity contribution >= 4 is 33.1 Å². The first-order chi connectivity index (χ1) is 10.3. The Morgan fingerprint density at radius 2 is 2.14 bits per heavy atom. The number of ether oxygens (including phenoxy) is 1. The summed E-state index contributed by atoms with van der Waals surface area (Å²) in [5, 5.41) is 0. The van der Waals surface area contributed by atoms with Crippen molar-refractivity contribution in [3.05, 3.63) is 34.7 Å². The second-order valence-corrected chi connectivity index (χ2v) is 6.92. The highest BCUT2D eigenvalue weighted by Crippen LogP contribution is 2.24. The number of rotatable bonds is 5. The molecule has 0 bridgehead atoms. The number of thiazole rings is 1. The zero-order valence-electron chi connectivity index (χ0n) is 11.7. The molecular formula is C12H12FN3O4S2. The van der Waals surface area contributed by atoms with Crippen molar-refractivity contribution in [2.24, 2.45) is 0 Å². The summed E-state index contributed by atoms with van der Waals surface area (Å²) in [5.74, 6) is -1.63. The lowest BCUT2D eigenvalue weighted by atomic mass is 10.4. The van der Waals surface area contributed by atoms with Crippen LogP contribution in [-0.2, 0) is 14.8 Å². The van der Waals surface area contributed by atoms with E-state index in [1.807, 2.05) is 0 Å². The Bertz CT molecular complexity index is 804. The Labute approximate surface area is 130 Å². The molecule has 0 unspecified atom stereocenters. The van der Waals surface area contributed by atoms with Crippen LogP contribution in [0.5, 0.6) is 0 Å². The number of pyridine rings is 1. The van der Waals surface area contributed by atoms with Crippen LogP contribution in [0.3, 0.4) is 0 Å². The number of halogens is 1. The minimum atomic E-state index is -4.06. The average molecular weight is 345 g/mol. The van der Waals surface area contributed by atoms with Gasteiger partial charge in [-0.3, -0.25) is 4.72 Å². The van der Waals surface area contributed by atoms with E-state index in [0.717, 1.165) is 6.07 Å². The van der Waals surface area contributed by atoms with E-state index in [-0.39, 0.29) is 27.3 Å². The lowest BCUT2D eigenvalue weighted by molar-refractivity contribution is 0.0531. The Morgan fingerprint density at radius 1 is 1.41 bits per heavy atom. The SMILES string of the molecule is CCOC(=O)c1sc(S(=O)(=O)Nc2cccc(F)n2)nc1C. The van der Waals surface area contributed by atoms with E-state index in [0.29, 0.717) is 11.3 Å². The quantitative estimate of drug-likeness (QED) is 0.657. The highest BCUT2D eigenvalue weighted by molar-refractivity contribution is 7.94. The Balaban J connectivity index is 2.30. The molecule has 118 valence electrons. The van der Waals surface area contributed by atoms with Crippen LogP contribution in [-0.4, -0.2) is 31.0 Å². The molecule has 10 heteroatoms. The number of carbonyl (C=O) groups excluding carboxylic acids is 1. The predicted molar refractivity (Wildman–Crippen MR) is 77.8 cm³/mol. The predicted octanol–water partition coefficient (Wildman–Crippen LogP) is 1.96. The van der Waals surface area contributed by atoms with E-state index in [9.17, 15) is 17.6 Å². The third-order valence-electron chi connectivity index (χ3n) is 2.42. The zero-order chi connectivity index (χ0) is 16.3. The number of sulfonamides is 1. The fourth-order valence-electron chi connectivity index (χ4n) is 1.52. The van der Waals surface area contributed by atoms with Gasteiger partial charge < -0.3 is 4.74 Å². The summed E-state index contributed by atoms with van der Waals surface area (Å²) < 4.78 is 44.0. The van der Waals surface area contributed by atoms with E-state index in [1.165, 1.54) is 19.1 Å². The summed E-state index contributed by atoms with van der Waals surface area (Å²) in [6.07, 6.45) is 0. The van der Waals surface area contributed by atoms with Crippen LogP contribution in [0.1, 0.15) is 22.3 Å². The number of aryl methyl sites for hydroxylation is 1. The molecule has 2 aromatic rings. The van der Waals surface area contributed by atoms with E-state index >= 15 is 0 Å². The molecule has 0 saturated carbocycles. The van der Waals surface area contributed by atoms with Crippen molar-refractivity contribution < 1.29 is 22.3 Å². The molecule has 2 rings (SSSR count). The highest BCUT2D eigenvalue weighted by Gasteiger charge is 2.25. The topological polar surface area (TPSA) is 98.2 Å². The number of hydrogen-bond donors (Lipinski definition) is 1. The number of nitrogens with one attached hydrogen (secondary N) is 1. The van der Waals surface area contributed by atoms with Gasteiger partial charge in [-0.25, -0.2) is 14.8 Å². The summed E-state index contributed by atoms with van der Waals surface area (Å²) in [6, 6.07) is 3.70. The van der Waals surface area contributed by atoms with Crippen LogP contribution < -0.4 is 4.72 Å². The molecule has 22 heavy (non-hydrogen) atoms. The highest BCUT2D eigenvalue weighted by atomic mass is 32.2. The van der Waals surface area contributed by atoms with Gasteiger partial charge >= 0.3 is 5.97 Å². The van der Waals surface area contributed by atoms with Gasteiger partial charge in [0.15, 0.2) is 0 Å². The smallest absolute Gasteiger partial charge is 0.350 e. The third kappa shape index (κ3) is 3.57. The number of anilines is 1. The van der Waals surface area contributed by atoms with Crippen molar-refractivity contribution in [3.63, 3.8) is 0 Å². The van der Waals surface area contributed by atoms with Crippen molar-refractivity contribution in [1.29, 1.82) is 0 Å². The second kappa shape index (κ2) is 6.36. The van der Waals surface area contributed by atoms with Crippen molar-refractivity contribution in [2.45, 2.75) is 18.2 Å². The first-order valence-corrected chi connectivity index (χ1v) is 8.43. The molecule has 0 aromatic carbocycles. The van der Waals surface area contributed by atoms with Crippen LogP contribution in [0.25, 0.3) is 0 Å². The fourth-order valence-corrected chi connectivity index (χ4v) is 3.76. The van der Waals surface area contributed by atoms with Crippen LogP contribution in [0.2, 0.25) is 0 Å². The molecule has 0 fully saturated rings. The maximum atomic E-state index is 13.0. The minimum Gasteiger partial charge on any atom is -0.462 e. The monoisotopic (exact) mass is 345 g/mol. The van der Waals surface area contributed by atoms with Crippen molar-refractivity contribution in [2.75, 3.05) is 11.3 Å². The van der Waals surface area contributed by atoms with Gasteiger partial charge in [0.2, 0.25) is 10.3 Å². The first-order valence-electron chi connectivity index (χ1n) is 6.13. The first kappa shape index (κ1) is 16.3. The molecule has 0 aliphatic rings. The molecule has 0 aliphatic heterocycles. The summed E-state index contributed by atoms with van der Waals surface area (Å²) in [6.45, 7) is 3.31. The molecule has 2 heterocycles. The fraction of sp³-hybridized carbons (Fsp3) is 0.250. The number of carbonyl (C=O) groups is 1. The number of esters is 1. The molecule has 0 spiro atoms. The lowest BCUT2D eigenvalue weighted by Gasteiger charge is -2.03. The summed E-state index contributed by atoms with van der Waals surface area (Å²) in [7, 11) is -4.06. The van der Waals surface area contributed by atoms with Crippen LogP contribution >= 0.6 is 11.3 Å². The van der Waals surface area contributed by atoms with E-state index < -0.39 is 21.9 Å². The average Bonchev–Trinajstić information content (AvgIpc) is 2.81. The minimum absolute atomic E-state index is 0.106. The molecule has 0 aliphatic carbocycles. The zero-order valence-corrected chi connectivity index (χ0v) is 13.3. The molecule has 2 aromatic heterocycles. The summed E-state index contributed by atoms with van der Waals surface area (Å²) in [4.78, 5) is 19.0. The second-order valence-electron chi connectivity index (χ2n) is 4.07. The Kier molecular flexibility index (Phi) is 4.71. The van der Waals surface area contributed by atoms with Gasteiger partial charge in [-0.15, -0.1) is 0 Å². The maximum absolute atomic E-state index is 13.0. The standard InChI is InChI=1S/C12H12FN3O4S2/c1-3-20-11(17)10-7(2)14-12(21-10)22(18,19)16-9-6-4-5-8(13)15-9/h4-6H,3H2,1-2H3,(H,15,16). The van der Waals surface area contributed by atoms with Gasteiger partial charge in [0, 0.05) is 0 Å². The van der Waals surface area contributed by atoms with Crippen molar-refractivity contribution in [3.8, 4) is 0 Å². The number of aromatic nitrogens is 2. The van der Waals surface area contributed by atoms with E-state index in [4.69, 9.17) is 4.74 Å². The largest absolute Gasteiger partial charge is 0.462 e. The van der Waals surface area contributed by atoms with Gasteiger partial charge in [-0.05, 0) is 26.0 Å². The molecule has 1 N–H and O–H groups in total. The molecule has 0 atom stereocenters. The van der Waals surface area contributed by atoms with Crippen molar-refractivity contribution in [1.82, 2.24) is 9.97 Å². The summed E-state index contributed by atoms with van der Waals surface area (Å²) in [5.41, 5.74) is 0.246. The van der Waals surface area contributed by atoms with E-state index in [2.05, 4.69) is 14.7 Å². The molecule has 7 nitrogen and oxygen atoms in total. The molecular weight excluding hydrogens is 333 g/mol. The van der Waals surface area contributed by atoms with Crippen LogP contribution in [0, 0.1) is 12.9 Å². The Morgan fingerprint density at radius 3 is 2.77 bits per heavy atom. The third-order valence-corrected chi connectivity index (χ3v) is 5.29. The van der Waals surface area contributed by atoms with Crippen LogP contribution in [0.15, 0.2) is 22.5 Å². The molecule has 0 saturated heterocycles. The molecule has 0 radical (unpaired) electrons.